The Morgan fingerprint density at radius 3 is 2.67 bits per heavy atom. The summed E-state index contributed by atoms with van der Waals surface area (Å²) in [6.07, 6.45) is 0. The molecule has 0 saturated heterocycles. The first-order valence-corrected chi connectivity index (χ1v) is 11.2. The van der Waals surface area contributed by atoms with Gasteiger partial charge in [-0.15, -0.1) is 22.7 Å². The van der Waals surface area contributed by atoms with Gasteiger partial charge in [0.15, 0.2) is 5.82 Å². The second-order valence-electron chi connectivity index (χ2n) is 5.94. The molecule has 1 amide bonds. The topological polar surface area (TPSA) is 54.9 Å². The van der Waals surface area contributed by atoms with Crippen LogP contribution in [0.2, 0.25) is 0 Å². The van der Waals surface area contributed by atoms with Crippen molar-refractivity contribution in [3.8, 4) is 10.7 Å². The quantitative estimate of drug-likeness (QED) is 0.341. The number of benzene rings is 1. The molecule has 4 rings (SSSR count). The summed E-state index contributed by atoms with van der Waals surface area (Å²) in [6, 6.07) is 16.0. The van der Waals surface area contributed by atoms with Gasteiger partial charge in [-0.05, 0) is 35.9 Å². The Balaban J connectivity index is 1.53. The molecule has 4 aromatic rings. The fraction of sp³-hybridized carbons (Fsp3) is 0.150. The number of para-hydroxylation sites is 1. The van der Waals surface area contributed by atoms with Gasteiger partial charge in [-0.3, -0.25) is 4.79 Å². The van der Waals surface area contributed by atoms with Gasteiger partial charge < -0.3 is 5.32 Å². The van der Waals surface area contributed by atoms with Crippen molar-refractivity contribution in [3.63, 3.8) is 0 Å². The summed E-state index contributed by atoms with van der Waals surface area (Å²) in [4.78, 5) is 24.0. The van der Waals surface area contributed by atoms with Crippen LogP contribution in [-0.4, -0.2) is 21.6 Å². The number of carbonyl (C=O) groups excluding carboxylic acids is 1. The lowest BCUT2D eigenvalue weighted by Crippen LogP contribution is -2.27. The van der Waals surface area contributed by atoms with Crippen LogP contribution in [0.4, 0.5) is 0 Å². The van der Waals surface area contributed by atoms with Gasteiger partial charge in [0.2, 0.25) is 5.91 Å². The van der Waals surface area contributed by atoms with Crippen molar-refractivity contribution in [2.24, 2.45) is 0 Å². The molecule has 0 spiro atoms. The van der Waals surface area contributed by atoms with E-state index in [0.717, 1.165) is 25.7 Å². The van der Waals surface area contributed by atoms with Crippen molar-refractivity contribution in [1.29, 1.82) is 0 Å². The minimum absolute atomic E-state index is 0.00117. The Labute approximate surface area is 169 Å². The monoisotopic (exact) mass is 411 g/mol. The molecule has 0 aliphatic heterocycles. The van der Waals surface area contributed by atoms with E-state index in [4.69, 9.17) is 4.98 Å². The predicted molar refractivity (Wildman–Crippen MR) is 114 cm³/mol. The van der Waals surface area contributed by atoms with E-state index >= 15 is 0 Å². The predicted octanol–water partition coefficient (Wildman–Crippen LogP) is 5.39. The largest absolute Gasteiger partial charge is 0.348 e. The van der Waals surface area contributed by atoms with Crippen molar-refractivity contribution in [2.75, 3.05) is 5.75 Å². The molecule has 7 heteroatoms. The van der Waals surface area contributed by atoms with Gasteiger partial charge in [0.25, 0.3) is 0 Å². The first-order valence-electron chi connectivity index (χ1n) is 8.47. The van der Waals surface area contributed by atoms with Crippen molar-refractivity contribution in [1.82, 2.24) is 15.3 Å². The Bertz CT molecular complexity index is 1050. The highest BCUT2D eigenvalue weighted by Crippen LogP contribution is 2.30. The molecule has 4 nitrogen and oxygen atoms in total. The maximum Gasteiger partial charge on any atom is 0.230 e. The molecule has 3 heterocycles. The number of carbonyl (C=O) groups is 1. The standard InChI is InChI=1S/C20H17N3OS3/c1-13(16-8-4-10-25-16)21-18(24)12-27-20-14-6-2-3-7-15(14)22-19(23-20)17-9-5-11-26-17/h2-11,13H,12H2,1H3,(H,21,24). The van der Waals surface area contributed by atoms with E-state index in [-0.39, 0.29) is 11.9 Å². The van der Waals surface area contributed by atoms with Gasteiger partial charge in [0.1, 0.15) is 5.03 Å². The van der Waals surface area contributed by atoms with Gasteiger partial charge in [-0.2, -0.15) is 0 Å². The number of nitrogens with one attached hydrogen (secondary N) is 1. The summed E-state index contributed by atoms with van der Waals surface area (Å²) < 4.78 is 0. The van der Waals surface area contributed by atoms with Gasteiger partial charge in [-0.1, -0.05) is 42.1 Å². The van der Waals surface area contributed by atoms with E-state index in [0.29, 0.717) is 11.6 Å². The highest BCUT2D eigenvalue weighted by Gasteiger charge is 2.14. The van der Waals surface area contributed by atoms with Crippen LogP contribution in [0.15, 0.2) is 64.3 Å². The molecule has 1 atom stereocenters. The average molecular weight is 412 g/mol. The van der Waals surface area contributed by atoms with Gasteiger partial charge in [-0.25, -0.2) is 9.97 Å². The Morgan fingerprint density at radius 2 is 1.89 bits per heavy atom. The zero-order chi connectivity index (χ0) is 18.6. The second kappa shape index (κ2) is 8.21. The fourth-order valence-electron chi connectivity index (χ4n) is 2.70. The number of rotatable bonds is 6. The van der Waals surface area contributed by atoms with Crippen LogP contribution in [0.3, 0.4) is 0 Å². The lowest BCUT2D eigenvalue weighted by molar-refractivity contribution is -0.119. The van der Waals surface area contributed by atoms with E-state index in [9.17, 15) is 4.79 Å². The third-order valence-corrected chi connectivity index (χ3v) is 6.91. The van der Waals surface area contributed by atoms with Gasteiger partial charge >= 0.3 is 0 Å². The van der Waals surface area contributed by atoms with Crippen LogP contribution in [0.5, 0.6) is 0 Å². The molecule has 0 aliphatic carbocycles. The first-order chi connectivity index (χ1) is 13.2. The number of thioether (sulfide) groups is 1. The number of thiophene rings is 2. The van der Waals surface area contributed by atoms with E-state index in [2.05, 4.69) is 10.3 Å². The van der Waals surface area contributed by atoms with E-state index in [1.54, 1.807) is 22.7 Å². The van der Waals surface area contributed by atoms with Crippen LogP contribution in [0.25, 0.3) is 21.6 Å². The number of nitrogens with zero attached hydrogens (tertiary/aromatic N) is 2. The van der Waals surface area contributed by atoms with Crippen LogP contribution in [0.1, 0.15) is 17.8 Å². The summed E-state index contributed by atoms with van der Waals surface area (Å²) in [5, 5.41) is 8.90. The van der Waals surface area contributed by atoms with E-state index < -0.39 is 0 Å². The van der Waals surface area contributed by atoms with Crippen LogP contribution >= 0.6 is 34.4 Å². The summed E-state index contributed by atoms with van der Waals surface area (Å²) >= 11 is 4.71. The number of hydrogen-bond donors (Lipinski definition) is 1. The summed E-state index contributed by atoms with van der Waals surface area (Å²) in [7, 11) is 0. The number of aromatic nitrogens is 2. The molecule has 1 N–H and O–H groups in total. The molecule has 3 aromatic heterocycles. The molecule has 1 unspecified atom stereocenters. The zero-order valence-electron chi connectivity index (χ0n) is 14.6. The third kappa shape index (κ3) is 4.21. The number of hydrogen-bond acceptors (Lipinski definition) is 6. The maximum atomic E-state index is 12.4. The van der Waals surface area contributed by atoms with E-state index in [1.807, 2.05) is 66.2 Å². The number of amides is 1. The normalized spacial score (nSPS) is 12.2. The van der Waals surface area contributed by atoms with Crippen LogP contribution < -0.4 is 5.32 Å². The molecule has 0 bridgehead atoms. The average Bonchev–Trinajstić information content (AvgIpc) is 3.39. The Kier molecular flexibility index (Phi) is 5.52. The summed E-state index contributed by atoms with van der Waals surface area (Å²) in [5.74, 6) is 1.03. The summed E-state index contributed by atoms with van der Waals surface area (Å²) in [6.45, 7) is 2.00. The molecule has 136 valence electrons. The van der Waals surface area contributed by atoms with Gasteiger partial charge in [0, 0.05) is 10.3 Å². The molecule has 0 saturated carbocycles. The van der Waals surface area contributed by atoms with Crippen molar-refractivity contribution in [2.45, 2.75) is 18.0 Å². The number of fused-ring (bicyclic) bond motifs is 1. The van der Waals surface area contributed by atoms with Crippen molar-refractivity contribution in [3.05, 3.63) is 64.2 Å². The minimum Gasteiger partial charge on any atom is -0.348 e. The fourth-order valence-corrected chi connectivity index (χ4v) is 4.92. The molecular weight excluding hydrogens is 394 g/mol. The second-order valence-corrected chi connectivity index (χ2v) is 8.83. The zero-order valence-corrected chi connectivity index (χ0v) is 17.0. The third-order valence-electron chi connectivity index (χ3n) is 4.00. The molecule has 0 radical (unpaired) electrons. The molecule has 27 heavy (non-hydrogen) atoms. The highest BCUT2D eigenvalue weighted by molar-refractivity contribution is 8.00. The lowest BCUT2D eigenvalue weighted by Gasteiger charge is -2.12. The van der Waals surface area contributed by atoms with Crippen LogP contribution in [0, 0.1) is 0 Å². The smallest absolute Gasteiger partial charge is 0.230 e. The summed E-state index contributed by atoms with van der Waals surface area (Å²) in [5.41, 5.74) is 0.894. The lowest BCUT2D eigenvalue weighted by atomic mass is 10.2. The Morgan fingerprint density at radius 1 is 1.07 bits per heavy atom. The SMILES string of the molecule is CC(NC(=O)CSc1nc(-c2cccs2)nc2ccccc12)c1cccs1. The Hall–Kier alpha value is -2.22. The van der Waals surface area contributed by atoms with Gasteiger partial charge in [0.05, 0.1) is 22.2 Å². The van der Waals surface area contributed by atoms with Crippen molar-refractivity contribution < 1.29 is 4.79 Å². The first kappa shape index (κ1) is 18.2. The molecular formula is C20H17N3OS3. The highest BCUT2D eigenvalue weighted by atomic mass is 32.2. The minimum atomic E-state index is 0.00117. The van der Waals surface area contributed by atoms with Crippen molar-refractivity contribution >= 4 is 51.2 Å². The molecule has 1 aromatic carbocycles. The van der Waals surface area contributed by atoms with E-state index in [1.165, 1.54) is 11.8 Å². The molecule has 0 fully saturated rings. The molecule has 0 aliphatic rings. The maximum absolute atomic E-state index is 12.4. The van der Waals surface area contributed by atoms with Crippen LogP contribution in [-0.2, 0) is 4.79 Å².